The normalized spacial score (nSPS) is 13.5. The van der Waals surface area contributed by atoms with Gasteiger partial charge in [-0.25, -0.2) is 15.0 Å². The predicted octanol–water partition coefficient (Wildman–Crippen LogP) is 3.88. The lowest BCUT2D eigenvalue weighted by molar-refractivity contribution is 0.920. The summed E-state index contributed by atoms with van der Waals surface area (Å²) in [5, 5.41) is 0.818. The molecule has 4 rings (SSSR count). The predicted molar refractivity (Wildman–Crippen MR) is 90.7 cm³/mol. The number of rotatable bonds is 4. The standard InChI is InChI=1S/C17H15N4S.H2/c1-11-5-6-21-14(9-18-16(21)7-11)10-22-17-19-12(2)8-15(20-17)13-3-4-13;/h3-9H,10H2,1-2H3;1H. The number of imidazole rings is 1. The lowest BCUT2D eigenvalue weighted by atomic mass is 10.3. The van der Waals surface area contributed by atoms with Crippen molar-refractivity contribution in [2.75, 3.05) is 0 Å². The van der Waals surface area contributed by atoms with Gasteiger partial charge in [0.05, 0.1) is 17.6 Å². The first kappa shape index (κ1) is 13.5. The molecule has 22 heavy (non-hydrogen) atoms. The number of thioether (sulfide) groups is 1. The van der Waals surface area contributed by atoms with Crippen LogP contribution in [-0.4, -0.2) is 19.4 Å². The quantitative estimate of drug-likeness (QED) is 0.542. The fraction of sp³-hybridized carbons (Fsp3) is 0.176. The summed E-state index contributed by atoms with van der Waals surface area (Å²) in [4.78, 5) is 13.6. The molecule has 0 N–H and O–H groups in total. The van der Waals surface area contributed by atoms with Gasteiger partial charge in [0.1, 0.15) is 5.65 Å². The smallest absolute Gasteiger partial charge is 0.188 e. The van der Waals surface area contributed by atoms with E-state index in [1.165, 1.54) is 11.1 Å². The van der Waals surface area contributed by atoms with Crippen molar-refractivity contribution in [3.63, 3.8) is 0 Å². The highest BCUT2D eigenvalue weighted by Crippen LogP contribution is 2.30. The first-order chi connectivity index (χ1) is 10.7. The van der Waals surface area contributed by atoms with Gasteiger partial charge in [-0.3, -0.25) is 0 Å². The van der Waals surface area contributed by atoms with Gasteiger partial charge in [-0.1, -0.05) is 17.8 Å². The Morgan fingerprint density at radius 3 is 2.91 bits per heavy atom. The Kier molecular flexibility index (Phi) is 3.22. The number of hydrogen-bond acceptors (Lipinski definition) is 4. The molecule has 0 aromatic carbocycles. The van der Waals surface area contributed by atoms with Crippen molar-refractivity contribution in [3.05, 3.63) is 65.7 Å². The number of pyridine rings is 1. The van der Waals surface area contributed by atoms with E-state index in [4.69, 9.17) is 0 Å². The highest BCUT2D eigenvalue weighted by atomic mass is 32.2. The maximum absolute atomic E-state index is 4.61. The molecule has 0 bridgehead atoms. The van der Waals surface area contributed by atoms with E-state index in [9.17, 15) is 0 Å². The first-order valence-electron chi connectivity index (χ1n) is 7.15. The molecule has 0 saturated carbocycles. The summed E-state index contributed by atoms with van der Waals surface area (Å²) in [6.07, 6.45) is 8.14. The summed E-state index contributed by atoms with van der Waals surface area (Å²) in [6, 6.07) is 6.21. The van der Waals surface area contributed by atoms with Gasteiger partial charge in [0.25, 0.3) is 0 Å². The molecular weight excluding hydrogens is 292 g/mol. The molecule has 0 atom stereocenters. The van der Waals surface area contributed by atoms with E-state index in [-0.39, 0.29) is 1.43 Å². The van der Waals surface area contributed by atoms with Crippen molar-refractivity contribution in [2.45, 2.75) is 24.8 Å². The van der Waals surface area contributed by atoms with Crippen molar-refractivity contribution in [1.29, 1.82) is 0 Å². The summed E-state index contributed by atoms with van der Waals surface area (Å²) in [5.74, 6) is 0.801. The number of aromatic nitrogens is 4. The first-order valence-corrected chi connectivity index (χ1v) is 8.14. The van der Waals surface area contributed by atoms with Crippen molar-refractivity contribution in [1.82, 2.24) is 19.4 Å². The van der Waals surface area contributed by atoms with Gasteiger partial charge >= 0.3 is 0 Å². The van der Waals surface area contributed by atoms with Crippen molar-refractivity contribution in [3.8, 4) is 0 Å². The molecule has 0 unspecified atom stereocenters. The van der Waals surface area contributed by atoms with Gasteiger partial charge in [-0.15, -0.1) is 0 Å². The third-order valence-corrected chi connectivity index (χ3v) is 4.44. The van der Waals surface area contributed by atoms with Gasteiger partial charge in [-0.2, -0.15) is 0 Å². The highest BCUT2D eigenvalue weighted by molar-refractivity contribution is 7.98. The minimum absolute atomic E-state index is 0. The molecule has 0 spiro atoms. The molecule has 5 heteroatoms. The topological polar surface area (TPSA) is 43.1 Å². The zero-order valence-electron chi connectivity index (χ0n) is 12.4. The zero-order chi connectivity index (χ0) is 15.1. The number of fused-ring (bicyclic) bond motifs is 1. The molecule has 1 radical (unpaired) electrons. The van der Waals surface area contributed by atoms with Crippen LogP contribution in [0.5, 0.6) is 0 Å². The van der Waals surface area contributed by atoms with Crippen LogP contribution in [0, 0.1) is 20.3 Å². The Balaban J connectivity index is 0.00000156. The summed E-state index contributed by atoms with van der Waals surface area (Å²) in [5.41, 5.74) is 6.59. The SMILES string of the molecule is Cc1ccn2c(CSc3nc(C)cc(C4=C[CH]4)n3)cnc2c1.[HH]. The Labute approximate surface area is 134 Å². The van der Waals surface area contributed by atoms with Crippen LogP contribution in [0.3, 0.4) is 0 Å². The second-order valence-electron chi connectivity index (χ2n) is 5.44. The van der Waals surface area contributed by atoms with Crippen LogP contribution in [0.4, 0.5) is 0 Å². The van der Waals surface area contributed by atoms with Crippen LogP contribution >= 0.6 is 11.8 Å². The van der Waals surface area contributed by atoms with Gasteiger partial charge in [0.2, 0.25) is 0 Å². The highest BCUT2D eigenvalue weighted by Gasteiger charge is 2.14. The van der Waals surface area contributed by atoms with Crippen LogP contribution in [0.15, 0.2) is 41.8 Å². The second kappa shape index (κ2) is 5.25. The zero-order valence-corrected chi connectivity index (χ0v) is 13.3. The molecule has 4 nitrogen and oxygen atoms in total. The van der Waals surface area contributed by atoms with Gasteiger partial charge in [0.15, 0.2) is 5.16 Å². The van der Waals surface area contributed by atoms with Gasteiger partial charge in [0, 0.05) is 25.5 Å². The molecule has 1 aliphatic carbocycles. The minimum atomic E-state index is 0. The van der Waals surface area contributed by atoms with E-state index < -0.39 is 0 Å². The summed E-state index contributed by atoms with van der Waals surface area (Å²) < 4.78 is 2.12. The molecule has 3 heterocycles. The third kappa shape index (κ3) is 2.64. The van der Waals surface area contributed by atoms with E-state index in [1.807, 2.05) is 19.2 Å². The van der Waals surface area contributed by atoms with E-state index in [0.29, 0.717) is 0 Å². The molecule has 0 saturated heterocycles. The van der Waals surface area contributed by atoms with Crippen LogP contribution in [-0.2, 0) is 5.75 Å². The fourth-order valence-corrected chi connectivity index (χ4v) is 3.21. The summed E-state index contributed by atoms with van der Waals surface area (Å²) >= 11 is 1.65. The lowest BCUT2D eigenvalue weighted by Crippen LogP contribution is -1.96. The number of nitrogens with zero attached hydrogens (tertiary/aromatic N) is 4. The number of hydrogen-bond donors (Lipinski definition) is 0. The Hall–Kier alpha value is -2.14. The summed E-state index contributed by atoms with van der Waals surface area (Å²) in [6.45, 7) is 4.09. The molecule has 3 aromatic rings. The largest absolute Gasteiger partial charge is 0.303 e. The maximum Gasteiger partial charge on any atom is 0.188 e. The molecule has 3 aromatic heterocycles. The lowest BCUT2D eigenvalue weighted by Gasteiger charge is -2.04. The Morgan fingerprint density at radius 2 is 2.09 bits per heavy atom. The molecule has 0 amide bonds. The van der Waals surface area contributed by atoms with Gasteiger partial charge in [-0.05, 0) is 43.2 Å². The van der Waals surface area contributed by atoms with Gasteiger partial charge < -0.3 is 4.40 Å². The van der Waals surface area contributed by atoms with Crippen molar-refractivity contribution in [2.24, 2.45) is 0 Å². The summed E-state index contributed by atoms with van der Waals surface area (Å²) in [7, 11) is 0. The minimum Gasteiger partial charge on any atom is -0.303 e. The molecule has 111 valence electrons. The van der Waals surface area contributed by atoms with Crippen molar-refractivity contribution < 1.29 is 1.43 Å². The van der Waals surface area contributed by atoms with Crippen LogP contribution < -0.4 is 0 Å². The van der Waals surface area contributed by atoms with Crippen molar-refractivity contribution >= 4 is 23.0 Å². The Morgan fingerprint density at radius 1 is 1.23 bits per heavy atom. The van der Waals surface area contributed by atoms with E-state index in [1.54, 1.807) is 11.8 Å². The monoisotopic (exact) mass is 309 g/mol. The van der Waals surface area contributed by atoms with Crippen LogP contribution in [0.1, 0.15) is 24.1 Å². The van der Waals surface area contributed by atoms with E-state index in [0.717, 1.165) is 33.6 Å². The number of allylic oxidation sites excluding steroid dienone is 2. The van der Waals surface area contributed by atoms with E-state index in [2.05, 4.69) is 57.1 Å². The maximum atomic E-state index is 4.61. The fourth-order valence-electron chi connectivity index (χ4n) is 2.35. The molecule has 0 aliphatic heterocycles. The molecule has 0 fully saturated rings. The third-order valence-electron chi connectivity index (χ3n) is 3.56. The molecule has 1 aliphatic rings. The average Bonchev–Trinajstić information content (AvgIpc) is 3.26. The van der Waals surface area contributed by atoms with E-state index >= 15 is 0 Å². The number of aryl methyl sites for hydroxylation is 2. The Bertz CT molecular complexity index is 901. The van der Waals surface area contributed by atoms with Crippen LogP contribution in [0.25, 0.3) is 11.2 Å². The molecular formula is C17H17N4S. The average molecular weight is 309 g/mol. The van der Waals surface area contributed by atoms with Crippen LogP contribution in [0.2, 0.25) is 0 Å². The second-order valence-corrected chi connectivity index (χ2v) is 6.38.